The number of rotatable bonds is 7. The Morgan fingerprint density at radius 3 is 2.29 bits per heavy atom. The monoisotopic (exact) mass is 347 g/mol. The average Bonchev–Trinajstić information content (AvgIpc) is 2.55. The number of amides is 1. The number of benzene rings is 2. The lowest BCUT2D eigenvalue weighted by Crippen LogP contribution is -2.30. The van der Waals surface area contributed by atoms with Crippen LogP contribution in [0.25, 0.3) is 0 Å². The summed E-state index contributed by atoms with van der Waals surface area (Å²) in [6.07, 6.45) is 1.16. The van der Waals surface area contributed by atoms with Gasteiger partial charge in [0.2, 0.25) is 5.91 Å². The van der Waals surface area contributed by atoms with Gasteiger partial charge in [-0.25, -0.2) is 8.42 Å². The molecule has 0 aliphatic heterocycles. The van der Waals surface area contributed by atoms with Crippen LogP contribution in [0.4, 0.5) is 0 Å². The molecule has 2 rings (SSSR count). The summed E-state index contributed by atoms with van der Waals surface area (Å²) in [6, 6.07) is 15.9. The van der Waals surface area contributed by atoms with E-state index in [1.165, 1.54) is 0 Å². The first-order valence-electron chi connectivity index (χ1n) is 7.57. The molecule has 128 valence electrons. The quantitative estimate of drug-likeness (QED) is 0.835. The zero-order valence-electron chi connectivity index (χ0n) is 13.7. The highest BCUT2D eigenvalue weighted by Gasteiger charge is 2.12. The fourth-order valence-electron chi connectivity index (χ4n) is 2.21. The Hall–Kier alpha value is -2.18. The summed E-state index contributed by atoms with van der Waals surface area (Å²) in [5.74, 6) is -0.217. The summed E-state index contributed by atoms with van der Waals surface area (Å²) in [5.41, 5.74) is 1.84. The molecule has 5 nitrogen and oxygen atoms in total. The van der Waals surface area contributed by atoms with E-state index in [2.05, 4.69) is 5.32 Å². The van der Waals surface area contributed by atoms with E-state index in [1.54, 1.807) is 24.3 Å². The third-order valence-electron chi connectivity index (χ3n) is 3.53. The van der Waals surface area contributed by atoms with Gasteiger partial charge >= 0.3 is 0 Å². The van der Waals surface area contributed by atoms with Gasteiger partial charge in [-0.1, -0.05) is 42.5 Å². The fraction of sp³-hybridized carbons (Fsp3) is 0.278. The molecule has 0 aromatic heterocycles. The van der Waals surface area contributed by atoms with E-state index in [4.69, 9.17) is 4.74 Å². The normalized spacial score (nSPS) is 12.6. The summed E-state index contributed by atoms with van der Waals surface area (Å²) < 4.78 is 28.3. The second-order valence-electron chi connectivity index (χ2n) is 5.61. The molecule has 6 heteroatoms. The topological polar surface area (TPSA) is 72.5 Å². The average molecular weight is 347 g/mol. The molecule has 24 heavy (non-hydrogen) atoms. The lowest BCUT2D eigenvalue weighted by Gasteiger charge is -2.15. The third kappa shape index (κ3) is 5.47. The highest BCUT2D eigenvalue weighted by molar-refractivity contribution is 7.90. The van der Waals surface area contributed by atoms with Crippen LogP contribution in [0.1, 0.15) is 24.1 Å². The van der Waals surface area contributed by atoms with E-state index in [1.807, 2.05) is 37.3 Å². The van der Waals surface area contributed by atoms with E-state index in [0.29, 0.717) is 6.61 Å². The maximum Gasteiger partial charge on any atom is 0.246 e. The zero-order valence-corrected chi connectivity index (χ0v) is 14.5. The molecule has 0 heterocycles. The van der Waals surface area contributed by atoms with Gasteiger partial charge in [0.1, 0.15) is 6.61 Å². The van der Waals surface area contributed by atoms with Gasteiger partial charge in [0.25, 0.3) is 0 Å². The van der Waals surface area contributed by atoms with Gasteiger partial charge in [-0.05, 0) is 30.2 Å². The number of sulfone groups is 1. The maximum absolute atomic E-state index is 11.9. The number of carbonyl (C=O) groups excluding carboxylic acids is 1. The highest BCUT2D eigenvalue weighted by Crippen LogP contribution is 2.16. The largest absolute Gasteiger partial charge is 0.367 e. The third-order valence-corrected chi connectivity index (χ3v) is 4.66. The van der Waals surface area contributed by atoms with Crippen LogP contribution in [0, 0.1) is 0 Å². The SMILES string of the molecule is CC(NC(=O)COCc1ccccc1)c1ccc(S(C)(=O)=O)cc1. The van der Waals surface area contributed by atoms with Gasteiger partial charge in [0, 0.05) is 6.26 Å². The van der Waals surface area contributed by atoms with Crippen molar-refractivity contribution in [3.05, 3.63) is 65.7 Å². The number of hydrogen-bond donors (Lipinski definition) is 1. The Balaban J connectivity index is 1.83. The Morgan fingerprint density at radius 1 is 1.08 bits per heavy atom. The predicted octanol–water partition coefficient (Wildman–Crippen LogP) is 2.48. The summed E-state index contributed by atoms with van der Waals surface area (Å²) in [6.45, 7) is 2.19. The molecule has 0 saturated heterocycles. The van der Waals surface area contributed by atoms with Crippen LogP contribution in [0.5, 0.6) is 0 Å². The van der Waals surface area contributed by atoms with Gasteiger partial charge < -0.3 is 10.1 Å². The van der Waals surface area contributed by atoms with Crippen LogP contribution in [0.2, 0.25) is 0 Å². The molecule has 0 aliphatic rings. The lowest BCUT2D eigenvalue weighted by molar-refractivity contribution is -0.126. The molecular formula is C18H21NO4S. The van der Waals surface area contributed by atoms with E-state index in [9.17, 15) is 13.2 Å². The number of nitrogens with one attached hydrogen (secondary N) is 1. The molecule has 0 aliphatic carbocycles. The molecule has 1 unspecified atom stereocenters. The standard InChI is InChI=1S/C18H21NO4S/c1-14(16-8-10-17(11-9-16)24(2,21)22)19-18(20)13-23-12-15-6-4-3-5-7-15/h3-11,14H,12-13H2,1-2H3,(H,19,20). The molecule has 0 spiro atoms. The van der Waals surface area contributed by atoms with Crippen LogP contribution in [-0.2, 0) is 26.0 Å². The van der Waals surface area contributed by atoms with E-state index in [0.717, 1.165) is 17.4 Å². The van der Waals surface area contributed by atoms with Gasteiger partial charge in [0.15, 0.2) is 9.84 Å². The van der Waals surface area contributed by atoms with E-state index < -0.39 is 9.84 Å². The number of ether oxygens (including phenoxy) is 1. The molecule has 1 amide bonds. The molecule has 0 bridgehead atoms. The summed E-state index contributed by atoms with van der Waals surface area (Å²) in [5, 5.41) is 2.83. The van der Waals surface area contributed by atoms with Gasteiger partial charge in [-0.15, -0.1) is 0 Å². The van der Waals surface area contributed by atoms with Crippen molar-refractivity contribution in [3.63, 3.8) is 0 Å². The first-order valence-corrected chi connectivity index (χ1v) is 9.46. The summed E-state index contributed by atoms with van der Waals surface area (Å²) >= 11 is 0. The van der Waals surface area contributed by atoms with Crippen molar-refractivity contribution >= 4 is 15.7 Å². The molecule has 0 saturated carbocycles. The first kappa shape index (κ1) is 18.2. The Morgan fingerprint density at radius 2 is 1.71 bits per heavy atom. The minimum atomic E-state index is -3.21. The molecule has 0 fully saturated rings. The summed E-state index contributed by atoms with van der Waals surface area (Å²) in [7, 11) is -3.21. The van der Waals surface area contributed by atoms with Crippen LogP contribution >= 0.6 is 0 Å². The predicted molar refractivity (Wildman–Crippen MR) is 92.2 cm³/mol. The van der Waals surface area contributed by atoms with E-state index in [-0.39, 0.29) is 23.5 Å². The van der Waals surface area contributed by atoms with Crippen molar-refractivity contribution < 1.29 is 17.9 Å². The van der Waals surface area contributed by atoms with Crippen molar-refractivity contribution in [2.45, 2.75) is 24.5 Å². The molecule has 0 radical (unpaired) electrons. The molecule has 1 atom stereocenters. The molecular weight excluding hydrogens is 326 g/mol. The Labute approximate surface area is 142 Å². The van der Waals surface area contributed by atoms with Crippen molar-refractivity contribution in [1.29, 1.82) is 0 Å². The first-order chi connectivity index (χ1) is 11.4. The minimum Gasteiger partial charge on any atom is -0.367 e. The molecule has 1 N–H and O–H groups in total. The second kappa shape index (κ2) is 8.08. The van der Waals surface area contributed by atoms with E-state index >= 15 is 0 Å². The summed E-state index contributed by atoms with van der Waals surface area (Å²) in [4.78, 5) is 12.2. The zero-order chi connectivity index (χ0) is 17.6. The minimum absolute atomic E-state index is 0.0271. The number of hydrogen-bond acceptors (Lipinski definition) is 4. The van der Waals surface area contributed by atoms with Crippen LogP contribution in [0.3, 0.4) is 0 Å². The van der Waals surface area contributed by atoms with Gasteiger partial charge in [-0.2, -0.15) is 0 Å². The second-order valence-corrected chi connectivity index (χ2v) is 7.62. The Kier molecular flexibility index (Phi) is 6.11. The van der Waals surface area contributed by atoms with Crippen molar-refractivity contribution in [2.24, 2.45) is 0 Å². The van der Waals surface area contributed by atoms with Gasteiger partial charge in [0.05, 0.1) is 17.5 Å². The Bertz CT molecular complexity index is 770. The van der Waals surface area contributed by atoms with Crippen LogP contribution in [0.15, 0.2) is 59.5 Å². The molecule has 2 aromatic carbocycles. The number of carbonyl (C=O) groups is 1. The lowest BCUT2D eigenvalue weighted by atomic mass is 10.1. The van der Waals surface area contributed by atoms with Crippen molar-refractivity contribution in [2.75, 3.05) is 12.9 Å². The maximum atomic E-state index is 11.9. The van der Waals surface area contributed by atoms with Gasteiger partial charge in [-0.3, -0.25) is 4.79 Å². The van der Waals surface area contributed by atoms with Crippen LogP contribution in [-0.4, -0.2) is 27.2 Å². The van der Waals surface area contributed by atoms with Crippen molar-refractivity contribution in [1.82, 2.24) is 5.32 Å². The smallest absolute Gasteiger partial charge is 0.246 e. The fourth-order valence-corrected chi connectivity index (χ4v) is 2.84. The van der Waals surface area contributed by atoms with Crippen molar-refractivity contribution in [3.8, 4) is 0 Å². The molecule has 2 aromatic rings. The highest BCUT2D eigenvalue weighted by atomic mass is 32.2. The van der Waals surface area contributed by atoms with Crippen LogP contribution < -0.4 is 5.32 Å².